The molecule has 186 valence electrons. The maximum atomic E-state index is 11.8. The molecule has 1 fully saturated rings. The molecule has 1 aromatic rings. The molecule has 0 spiro atoms. The number of carbonyl (C=O) groups excluding carboxylic acids is 4. The van der Waals surface area contributed by atoms with E-state index in [1.54, 1.807) is 0 Å². The normalized spacial score (nSPS) is 23.9. The fourth-order valence-electron chi connectivity index (χ4n) is 3.11. The average Bonchev–Trinajstić information content (AvgIpc) is 2.71. The number of carbonyl (C=O) groups is 4. The maximum absolute atomic E-state index is 11.8. The highest BCUT2D eigenvalue weighted by Gasteiger charge is 2.53. The van der Waals surface area contributed by atoms with Crippen molar-refractivity contribution in [3.63, 3.8) is 0 Å². The Kier molecular flexibility index (Phi) is 9.15. The van der Waals surface area contributed by atoms with Crippen LogP contribution in [0, 0.1) is 10.1 Å². The lowest BCUT2D eigenvalue weighted by Crippen LogP contribution is -2.63. The molecular formula is C20H22ClNO12. The van der Waals surface area contributed by atoms with E-state index < -0.39 is 66.1 Å². The van der Waals surface area contributed by atoms with Crippen LogP contribution in [0.3, 0.4) is 0 Å². The van der Waals surface area contributed by atoms with Crippen molar-refractivity contribution in [1.29, 1.82) is 0 Å². The van der Waals surface area contributed by atoms with Crippen molar-refractivity contribution in [1.82, 2.24) is 0 Å². The number of nitrogens with zero attached hydrogens (tertiary/aromatic N) is 1. The molecule has 0 saturated carbocycles. The lowest BCUT2D eigenvalue weighted by atomic mass is 9.98. The fourth-order valence-corrected chi connectivity index (χ4v) is 3.33. The summed E-state index contributed by atoms with van der Waals surface area (Å²) in [6, 6.07) is 3.34. The first-order valence-corrected chi connectivity index (χ1v) is 10.2. The van der Waals surface area contributed by atoms with Crippen LogP contribution in [0.4, 0.5) is 5.69 Å². The van der Waals surface area contributed by atoms with E-state index in [1.807, 2.05) is 0 Å². The van der Waals surface area contributed by atoms with Crippen molar-refractivity contribution in [2.24, 2.45) is 0 Å². The monoisotopic (exact) mass is 503 g/mol. The summed E-state index contributed by atoms with van der Waals surface area (Å²) in [7, 11) is 0. The average molecular weight is 504 g/mol. The van der Waals surface area contributed by atoms with E-state index in [0.29, 0.717) is 0 Å². The number of nitro benzene ring substituents is 1. The first-order chi connectivity index (χ1) is 15.9. The molecule has 0 radical (unpaired) electrons. The van der Waals surface area contributed by atoms with Gasteiger partial charge in [0, 0.05) is 39.8 Å². The Balaban J connectivity index is 2.49. The zero-order valence-corrected chi connectivity index (χ0v) is 19.3. The standard InChI is InChI=1S/C20H22ClNO12/c1-9(23)29-8-16-17(30-10(2)24)18(31-11(3)25)19(32-12(4)26)20(34-16)33-15-6-5-13(22(27)28)7-14(15)21/h5-7,16-20H,8H2,1-4H3/t16-,17-,18+,19-,20-/m0/s1. The molecule has 5 atom stereocenters. The summed E-state index contributed by atoms with van der Waals surface area (Å²) in [5.74, 6) is -3.16. The van der Waals surface area contributed by atoms with Gasteiger partial charge < -0.3 is 28.4 Å². The molecule has 0 aliphatic carbocycles. The summed E-state index contributed by atoms with van der Waals surface area (Å²) < 4.78 is 32.2. The van der Waals surface area contributed by atoms with Crippen LogP contribution < -0.4 is 4.74 Å². The SMILES string of the molecule is CC(=O)OC[C@@H]1O[C@H](Oc2ccc([N+](=O)[O-])cc2Cl)[C@@H](OC(C)=O)[C@H](OC(C)=O)[C@H]1OC(C)=O. The minimum Gasteiger partial charge on any atom is -0.463 e. The summed E-state index contributed by atoms with van der Waals surface area (Å²) >= 11 is 6.09. The van der Waals surface area contributed by atoms with Crippen LogP contribution in [0.25, 0.3) is 0 Å². The Morgan fingerprint density at radius 1 is 0.941 bits per heavy atom. The molecule has 34 heavy (non-hydrogen) atoms. The molecule has 1 aliphatic rings. The van der Waals surface area contributed by atoms with E-state index in [1.165, 1.54) is 6.07 Å². The van der Waals surface area contributed by atoms with E-state index in [2.05, 4.69) is 0 Å². The number of rotatable bonds is 8. The first-order valence-electron chi connectivity index (χ1n) is 9.80. The minimum absolute atomic E-state index is 0.0897. The summed E-state index contributed by atoms with van der Waals surface area (Å²) in [6.45, 7) is 3.95. The van der Waals surface area contributed by atoms with Gasteiger partial charge in [0.25, 0.3) is 5.69 Å². The van der Waals surface area contributed by atoms with Crippen molar-refractivity contribution < 1.29 is 52.5 Å². The predicted octanol–water partition coefficient (Wildman–Crippen LogP) is 1.71. The van der Waals surface area contributed by atoms with Crippen molar-refractivity contribution in [2.75, 3.05) is 6.61 Å². The maximum Gasteiger partial charge on any atom is 0.303 e. The third kappa shape index (κ3) is 7.28. The van der Waals surface area contributed by atoms with Gasteiger partial charge in [-0.3, -0.25) is 29.3 Å². The molecule has 1 aliphatic heterocycles. The van der Waals surface area contributed by atoms with E-state index in [0.717, 1.165) is 39.8 Å². The van der Waals surface area contributed by atoms with Crippen LogP contribution in [-0.2, 0) is 42.9 Å². The summed E-state index contributed by atoms with van der Waals surface area (Å²) in [5, 5.41) is 10.8. The van der Waals surface area contributed by atoms with Gasteiger partial charge in [-0.1, -0.05) is 11.6 Å². The largest absolute Gasteiger partial charge is 0.463 e. The Morgan fingerprint density at radius 3 is 2.00 bits per heavy atom. The summed E-state index contributed by atoms with van der Waals surface area (Å²) in [4.78, 5) is 57.0. The third-order valence-corrected chi connectivity index (χ3v) is 4.61. The van der Waals surface area contributed by atoms with Gasteiger partial charge in [0.2, 0.25) is 12.4 Å². The van der Waals surface area contributed by atoms with E-state index in [4.69, 9.17) is 40.0 Å². The minimum atomic E-state index is -1.51. The number of esters is 4. The lowest BCUT2D eigenvalue weighted by Gasteiger charge is -2.43. The Bertz CT molecular complexity index is 967. The van der Waals surface area contributed by atoms with Crippen molar-refractivity contribution in [3.05, 3.63) is 33.3 Å². The number of hydrogen-bond acceptors (Lipinski definition) is 12. The van der Waals surface area contributed by atoms with Crippen LogP contribution >= 0.6 is 11.6 Å². The fraction of sp³-hybridized carbons (Fsp3) is 0.500. The van der Waals surface area contributed by atoms with Gasteiger partial charge in [0.15, 0.2) is 12.2 Å². The second-order valence-electron chi connectivity index (χ2n) is 7.06. The van der Waals surface area contributed by atoms with Crippen LogP contribution in [0.15, 0.2) is 18.2 Å². The zero-order valence-electron chi connectivity index (χ0n) is 18.6. The van der Waals surface area contributed by atoms with E-state index >= 15 is 0 Å². The third-order valence-electron chi connectivity index (χ3n) is 4.32. The van der Waals surface area contributed by atoms with Gasteiger partial charge in [0.05, 0.1) is 9.95 Å². The predicted molar refractivity (Wildman–Crippen MR) is 111 cm³/mol. The topological polar surface area (TPSA) is 167 Å². The highest BCUT2D eigenvalue weighted by atomic mass is 35.5. The van der Waals surface area contributed by atoms with E-state index in [-0.39, 0.29) is 16.5 Å². The number of halogens is 1. The Labute approximate surface area is 198 Å². The van der Waals surface area contributed by atoms with Gasteiger partial charge in [-0.25, -0.2) is 0 Å². The molecule has 2 rings (SSSR count). The highest BCUT2D eigenvalue weighted by molar-refractivity contribution is 6.32. The second-order valence-corrected chi connectivity index (χ2v) is 7.46. The highest BCUT2D eigenvalue weighted by Crippen LogP contribution is 2.34. The molecule has 0 N–H and O–H groups in total. The van der Waals surface area contributed by atoms with Crippen molar-refractivity contribution in [2.45, 2.75) is 58.4 Å². The van der Waals surface area contributed by atoms with Gasteiger partial charge in [-0.2, -0.15) is 0 Å². The molecule has 1 aromatic carbocycles. The molecule has 1 heterocycles. The summed E-state index contributed by atoms with van der Waals surface area (Å²) in [5.41, 5.74) is -0.307. The molecule has 0 bridgehead atoms. The Hall–Kier alpha value is -3.45. The summed E-state index contributed by atoms with van der Waals surface area (Å²) in [6.07, 6.45) is -6.98. The van der Waals surface area contributed by atoms with Crippen LogP contribution in [0.1, 0.15) is 27.7 Å². The van der Waals surface area contributed by atoms with Crippen molar-refractivity contribution in [3.8, 4) is 5.75 Å². The van der Waals surface area contributed by atoms with Crippen molar-refractivity contribution >= 4 is 41.2 Å². The number of ether oxygens (including phenoxy) is 6. The van der Waals surface area contributed by atoms with Gasteiger partial charge in [0.1, 0.15) is 18.5 Å². The van der Waals surface area contributed by atoms with Crippen LogP contribution in [0.5, 0.6) is 5.75 Å². The molecule has 0 unspecified atom stereocenters. The van der Waals surface area contributed by atoms with Gasteiger partial charge >= 0.3 is 23.9 Å². The quantitative estimate of drug-likeness (QED) is 0.218. The lowest BCUT2D eigenvalue weighted by molar-refractivity contribution is -0.384. The molecular weight excluding hydrogens is 482 g/mol. The number of hydrogen-bond donors (Lipinski definition) is 0. The Morgan fingerprint density at radius 2 is 1.50 bits per heavy atom. The number of non-ortho nitro benzene ring substituents is 1. The van der Waals surface area contributed by atoms with Crippen LogP contribution in [-0.4, -0.2) is 66.1 Å². The van der Waals surface area contributed by atoms with Gasteiger partial charge in [-0.15, -0.1) is 0 Å². The molecule has 13 nitrogen and oxygen atoms in total. The molecule has 1 saturated heterocycles. The zero-order chi connectivity index (χ0) is 25.6. The van der Waals surface area contributed by atoms with Crippen LogP contribution in [0.2, 0.25) is 5.02 Å². The molecule has 14 heteroatoms. The number of benzene rings is 1. The van der Waals surface area contributed by atoms with Gasteiger partial charge in [-0.05, 0) is 6.07 Å². The smallest absolute Gasteiger partial charge is 0.303 e. The second kappa shape index (κ2) is 11.6. The molecule has 0 amide bonds. The van der Waals surface area contributed by atoms with E-state index in [9.17, 15) is 29.3 Å². The molecule has 0 aromatic heterocycles. The first kappa shape index (κ1) is 26.8. The number of nitro groups is 1.